The Labute approximate surface area is 89.7 Å². The zero-order valence-corrected chi connectivity index (χ0v) is 9.28. The van der Waals surface area contributed by atoms with E-state index < -0.39 is 5.97 Å². The standard InChI is InChI=1S/C12H16O3/c1-8(2)4-9-5-10(12(14)15-3)7-11(13)6-9/h5-8,13H,4H2,1-3H3. The van der Waals surface area contributed by atoms with E-state index in [0.29, 0.717) is 11.5 Å². The summed E-state index contributed by atoms with van der Waals surface area (Å²) in [6.07, 6.45) is 0.832. The lowest BCUT2D eigenvalue weighted by Gasteiger charge is -2.07. The molecule has 0 radical (unpaired) electrons. The minimum atomic E-state index is -0.420. The average Bonchev–Trinajstić information content (AvgIpc) is 2.14. The van der Waals surface area contributed by atoms with Crippen LogP contribution in [0.15, 0.2) is 18.2 Å². The summed E-state index contributed by atoms with van der Waals surface area (Å²) in [4.78, 5) is 11.3. The van der Waals surface area contributed by atoms with Gasteiger partial charge in [0.2, 0.25) is 0 Å². The highest BCUT2D eigenvalue weighted by molar-refractivity contribution is 5.90. The minimum absolute atomic E-state index is 0.105. The summed E-state index contributed by atoms with van der Waals surface area (Å²) >= 11 is 0. The summed E-state index contributed by atoms with van der Waals surface area (Å²) in [5.74, 6) is 0.168. The molecule has 0 unspecified atom stereocenters. The van der Waals surface area contributed by atoms with Gasteiger partial charge >= 0.3 is 5.97 Å². The van der Waals surface area contributed by atoms with E-state index in [1.807, 2.05) is 0 Å². The first kappa shape index (κ1) is 11.6. The predicted molar refractivity (Wildman–Crippen MR) is 58.0 cm³/mol. The van der Waals surface area contributed by atoms with E-state index >= 15 is 0 Å². The normalized spacial score (nSPS) is 10.4. The van der Waals surface area contributed by atoms with Crippen molar-refractivity contribution in [2.75, 3.05) is 7.11 Å². The number of rotatable bonds is 3. The summed E-state index contributed by atoms with van der Waals surface area (Å²) < 4.78 is 4.60. The van der Waals surface area contributed by atoms with Crippen molar-refractivity contribution >= 4 is 5.97 Å². The Hall–Kier alpha value is -1.51. The van der Waals surface area contributed by atoms with Gasteiger partial charge in [-0.2, -0.15) is 0 Å². The zero-order valence-electron chi connectivity index (χ0n) is 9.28. The van der Waals surface area contributed by atoms with E-state index in [4.69, 9.17) is 0 Å². The molecule has 1 aromatic rings. The monoisotopic (exact) mass is 208 g/mol. The van der Waals surface area contributed by atoms with Crippen molar-refractivity contribution in [3.63, 3.8) is 0 Å². The van der Waals surface area contributed by atoms with Gasteiger partial charge in [-0.05, 0) is 36.1 Å². The maximum Gasteiger partial charge on any atom is 0.337 e. The fraction of sp³-hybridized carbons (Fsp3) is 0.417. The molecule has 3 heteroatoms. The van der Waals surface area contributed by atoms with Crippen LogP contribution in [0.1, 0.15) is 29.8 Å². The maximum absolute atomic E-state index is 11.3. The number of benzene rings is 1. The molecule has 0 heterocycles. The molecule has 0 aliphatic rings. The zero-order chi connectivity index (χ0) is 11.4. The number of methoxy groups -OCH3 is 1. The molecule has 0 aliphatic heterocycles. The van der Waals surface area contributed by atoms with E-state index in [0.717, 1.165) is 12.0 Å². The molecule has 0 aromatic heterocycles. The van der Waals surface area contributed by atoms with Gasteiger partial charge in [-0.25, -0.2) is 4.79 Å². The van der Waals surface area contributed by atoms with Crippen LogP contribution in [0.5, 0.6) is 5.75 Å². The fourth-order valence-electron chi connectivity index (χ4n) is 1.50. The molecule has 3 nitrogen and oxygen atoms in total. The Balaban J connectivity index is 2.99. The quantitative estimate of drug-likeness (QED) is 0.776. The molecule has 0 amide bonds. The van der Waals surface area contributed by atoms with Crippen LogP contribution < -0.4 is 0 Å². The lowest BCUT2D eigenvalue weighted by molar-refractivity contribution is 0.0600. The number of esters is 1. The summed E-state index contributed by atoms with van der Waals surface area (Å²) in [6, 6.07) is 4.84. The topological polar surface area (TPSA) is 46.5 Å². The molecule has 1 rings (SSSR count). The molecule has 0 bridgehead atoms. The first-order chi connectivity index (χ1) is 7.02. The second-order valence-corrected chi connectivity index (χ2v) is 3.98. The summed E-state index contributed by atoms with van der Waals surface area (Å²) in [6.45, 7) is 4.17. The van der Waals surface area contributed by atoms with Crippen molar-refractivity contribution in [3.05, 3.63) is 29.3 Å². The molecule has 0 spiro atoms. The summed E-state index contributed by atoms with van der Waals surface area (Å²) in [5, 5.41) is 9.44. The van der Waals surface area contributed by atoms with E-state index in [2.05, 4.69) is 18.6 Å². The third-order valence-corrected chi connectivity index (χ3v) is 2.04. The highest BCUT2D eigenvalue weighted by atomic mass is 16.5. The molecule has 0 saturated heterocycles. The smallest absolute Gasteiger partial charge is 0.337 e. The van der Waals surface area contributed by atoms with Crippen LogP contribution >= 0.6 is 0 Å². The highest BCUT2D eigenvalue weighted by Crippen LogP contribution is 2.18. The first-order valence-electron chi connectivity index (χ1n) is 4.94. The first-order valence-corrected chi connectivity index (χ1v) is 4.94. The Kier molecular flexibility index (Phi) is 3.72. The molecule has 0 aliphatic carbocycles. The van der Waals surface area contributed by atoms with Crippen LogP contribution in [0.2, 0.25) is 0 Å². The number of aromatic hydroxyl groups is 1. The Bertz CT molecular complexity index is 356. The largest absolute Gasteiger partial charge is 0.508 e. The molecular formula is C12H16O3. The molecule has 1 aromatic carbocycles. The van der Waals surface area contributed by atoms with Gasteiger partial charge in [0.1, 0.15) is 5.75 Å². The summed E-state index contributed by atoms with van der Waals surface area (Å²) in [7, 11) is 1.33. The van der Waals surface area contributed by atoms with E-state index in [1.54, 1.807) is 12.1 Å². The molecule has 1 N–H and O–H groups in total. The van der Waals surface area contributed by atoms with Crippen LogP contribution in [0, 0.1) is 5.92 Å². The number of carbonyl (C=O) groups is 1. The number of hydrogen-bond donors (Lipinski definition) is 1. The van der Waals surface area contributed by atoms with Crippen LogP contribution in [-0.4, -0.2) is 18.2 Å². The van der Waals surface area contributed by atoms with E-state index in [9.17, 15) is 9.90 Å². The predicted octanol–water partition coefficient (Wildman–Crippen LogP) is 2.38. The van der Waals surface area contributed by atoms with Gasteiger partial charge in [0.05, 0.1) is 12.7 Å². The van der Waals surface area contributed by atoms with Gasteiger partial charge in [0.25, 0.3) is 0 Å². The molecular weight excluding hydrogens is 192 g/mol. The van der Waals surface area contributed by atoms with Crippen molar-refractivity contribution in [2.45, 2.75) is 20.3 Å². The maximum atomic E-state index is 11.3. The van der Waals surface area contributed by atoms with E-state index in [-0.39, 0.29) is 5.75 Å². The van der Waals surface area contributed by atoms with Gasteiger partial charge in [-0.3, -0.25) is 0 Å². The minimum Gasteiger partial charge on any atom is -0.508 e. The van der Waals surface area contributed by atoms with Crippen LogP contribution in [0.3, 0.4) is 0 Å². The number of phenols is 1. The number of hydrogen-bond acceptors (Lipinski definition) is 3. The van der Waals surface area contributed by atoms with E-state index in [1.165, 1.54) is 13.2 Å². The Morgan fingerprint density at radius 3 is 2.60 bits per heavy atom. The van der Waals surface area contributed by atoms with Crippen molar-refractivity contribution in [3.8, 4) is 5.75 Å². The lowest BCUT2D eigenvalue weighted by Crippen LogP contribution is -2.03. The second-order valence-electron chi connectivity index (χ2n) is 3.98. The molecule has 15 heavy (non-hydrogen) atoms. The van der Waals surface area contributed by atoms with Gasteiger partial charge < -0.3 is 9.84 Å². The van der Waals surface area contributed by atoms with Gasteiger partial charge in [0, 0.05) is 0 Å². The molecule has 0 saturated carbocycles. The van der Waals surface area contributed by atoms with Crippen LogP contribution in [0.4, 0.5) is 0 Å². The lowest BCUT2D eigenvalue weighted by atomic mass is 10.0. The van der Waals surface area contributed by atoms with Crippen molar-refractivity contribution in [1.29, 1.82) is 0 Å². The molecule has 82 valence electrons. The number of carbonyl (C=O) groups excluding carboxylic acids is 1. The fourth-order valence-corrected chi connectivity index (χ4v) is 1.50. The van der Waals surface area contributed by atoms with Gasteiger partial charge in [0.15, 0.2) is 0 Å². The number of ether oxygens (including phenoxy) is 1. The third-order valence-electron chi connectivity index (χ3n) is 2.04. The average molecular weight is 208 g/mol. The molecule has 0 atom stereocenters. The second kappa shape index (κ2) is 4.82. The Morgan fingerprint density at radius 2 is 2.07 bits per heavy atom. The van der Waals surface area contributed by atoms with Crippen LogP contribution in [-0.2, 0) is 11.2 Å². The van der Waals surface area contributed by atoms with Crippen LogP contribution in [0.25, 0.3) is 0 Å². The third kappa shape index (κ3) is 3.27. The SMILES string of the molecule is COC(=O)c1cc(O)cc(CC(C)C)c1. The van der Waals surface area contributed by atoms with Gasteiger partial charge in [-0.15, -0.1) is 0 Å². The summed E-state index contributed by atoms with van der Waals surface area (Å²) in [5.41, 5.74) is 1.35. The highest BCUT2D eigenvalue weighted by Gasteiger charge is 2.09. The van der Waals surface area contributed by atoms with Crippen molar-refractivity contribution in [1.82, 2.24) is 0 Å². The van der Waals surface area contributed by atoms with Crippen molar-refractivity contribution in [2.24, 2.45) is 5.92 Å². The van der Waals surface area contributed by atoms with Gasteiger partial charge in [-0.1, -0.05) is 13.8 Å². The van der Waals surface area contributed by atoms with Crippen molar-refractivity contribution < 1.29 is 14.6 Å². The molecule has 0 fully saturated rings. The number of phenolic OH excluding ortho intramolecular Hbond substituents is 1. The Morgan fingerprint density at radius 1 is 1.40 bits per heavy atom.